The van der Waals surface area contributed by atoms with Gasteiger partial charge >= 0.3 is 0 Å². The summed E-state index contributed by atoms with van der Waals surface area (Å²) in [5.41, 5.74) is 0. The van der Waals surface area contributed by atoms with Crippen LogP contribution in [0, 0.1) is 0 Å². The Kier molecular flexibility index (Phi) is 17.9. The van der Waals surface area contributed by atoms with Crippen LogP contribution in [0.2, 0.25) is 0 Å². The van der Waals surface area contributed by atoms with Crippen LogP contribution in [-0.4, -0.2) is 11.5 Å². The van der Waals surface area contributed by atoms with Crippen molar-refractivity contribution in [1.29, 1.82) is 0 Å². The molecule has 0 spiro atoms. The molecule has 0 aromatic heterocycles. The fourth-order valence-electron chi connectivity index (χ4n) is 1.75. The molecule has 18 heavy (non-hydrogen) atoms. The van der Waals surface area contributed by atoms with E-state index in [1.165, 1.54) is 75.7 Å². The number of rotatable bonds is 14. The van der Waals surface area contributed by atoms with Crippen LogP contribution in [0.4, 0.5) is 0 Å². The van der Waals surface area contributed by atoms with Crippen LogP contribution in [-0.2, 0) is 0 Å². The molecule has 0 saturated carbocycles. The zero-order valence-corrected chi connectivity index (χ0v) is 14.1. The maximum Gasteiger partial charge on any atom is 0.00715 e. The molecule has 0 unspecified atom stereocenters. The molecule has 0 saturated heterocycles. The van der Waals surface area contributed by atoms with E-state index in [-0.39, 0.29) is 0 Å². The molecule has 0 aliphatic rings. The highest BCUT2D eigenvalue weighted by atomic mass is 33.1. The highest BCUT2D eigenvalue weighted by Gasteiger charge is 1.90. The molecule has 0 rings (SSSR count). The first-order valence-corrected chi connectivity index (χ1v) is 10.3. The van der Waals surface area contributed by atoms with Gasteiger partial charge in [0.2, 0.25) is 0 Å². The summed E-state index contributed by atoms with van der Waals surface area (Å²) in [6, 6.07) is 0. The van der Waals surface area contributed by atoms with Gasteiger partial charge in [0.15, 0.2) is 0 Å². The molecule has 0 aliphatic carbocycles. The van der Waals surface area contributed by atoms with E-state index in [9.17, 15) is 0 Å². The van der Waals surface area contributed by atoms with Crippen LogP contribution >= 0.6 is 21.6 Å². The van der Waals surface area contributed by atoms with E-state index in [4.69, 9.17) is 0 Å². The minimum atomic E-state index is 1.25. The Morgan fingerprint density at radius 1 is 0.611 bits per heavy atom. The normalized spacial score (nSPS) is 11.4. The van der Waals surface area contributed by atoms with Crippen molar-refractivity contribution in [1.82, 2.24) is 0 Å². The smallest absolute Gasteiger partial charge is 0.00715 e. The van der Waals surface area contributed by atoms with Crippen LogP contribution in [0.5, 0.6) is 0 Å². The first-order valence-electron chi connectivity index (χ1n) is 7.81. The van der Waals surface area contributed by atoms with E-state index < -0.39 is 0 Å². The third-order valence-electron chi connectivity index (χ3n) is 2.92. The maximum absolute atomic E-state index is 2.38. The minimum Gasteiger partial charge on any atom is -0.0941 e. The van der Waals surface area contributed by atoms with Crippen molar-refractivity contribution in [3.8, 4) is 0 Å². The topological polar surface area (TPSA) is 0 Å². The quantitative estimate of drug-likeness (QED) is 0.194. The van der Waals surface area contributed by atoms with Gasteiger partial charge in [-0.2, -0.15) is 0 Å². The van der Waals surface area contributed by atoms with Crippen molar-refractivity contribution in [3.63, 3.8) is 0 Å². The van der Waals surface area contributed by atoms with Gasteiger partial charge in [-0.1, -0.05) is 86.1 Å². The molecule has 0 amide bonds. The third kappa shape index (κ3) is 16.4. The van der Waals surface area contributed by atoms with Gasteiger partial charge < -0.3 is 0 Å². The van der Waals surface area contributed by atoms with Crippen molar-refractivity contribution < 1.29 is 0 Å². The van der Waals surface area contributed by atoms with E-state index in [0.29, 0.717) is 0 Å². The van der Waals surface area contributed by atoms with Crippen LogP contribution in [0.3, 0.4) is 0 Å². The van der Waals surface area contributed by atoms with Crippen molar-refractivity contribution in [3.05, 3.63) is 12.2 Å². The van der Waals surface area contributed by atoms with Crippen molar-refractivity contribution >= 4 is 21.6 Å². The second-order valence-electron chi connectivity index (χ2n) is 4.81. The monoisotopic (exact) mass is 288 g/mol. The standard InChI is InChI=1S/C16H32S2/c1-3-5-7-8-9-10-11-12-14-16-18-17-15-13-6-4-2/h11-12H,3-10,13-16H2,1-2H3/b12-11-. The summed E-state index contributed by atoms with van der Waals surface area (Å²) in [7, 11) is 4.10. The SMILES string of the molecule is CCCCCCC/C=C\CCSSCCCCC. The second-order valence-corrected chi connectivity index (χ2v) is 7.52. The molecule has 108 valence electrons. The Morgan fingerprint density at radius 2 is 1.22 bits per heavy atom. The average molecular weight is 289 g/mol. The summed E-state index contributed by atoms with van der Waals surface area (Å²) in [4.78, 5) is 0. The molecule has 0 atom stereocenters. The third-order valence-corrected chi connectivity index (χ3v) is 5.45. The highest BCUT2D eigenvalue weighted by molar-refractivity contribution is 8.76. The first-order chi connectivity index (χ1) is 8.91. The van der Waals surface area contributed by atoms with E-state index in [0.717, 1.165) is 0 Å². The molecule has 0 radical (unpaired) electrons. The van der Waals surface area contributed by atoms with Gasteiger partial charge in [-0.25, -0.2) is 0 Å². The zero-order chi connectivity index (χ0) is 13.3. The lowest BCUT2D eigenvalue weighted by atomic mass is 10.1. The van der Waals surface area contributed by atoms with Gasteiger partial charge in [-0.15, -0.1) is 0 Å². The Balaban J connectivity index is 3.00. The summed E-state index contributed by atoms with van der Waals surface area (Å²) in [6.45, 7) is 4.54. The lowest BCUT2D eigenvalue weighted by Gasteiger charge is -1.98. The fraction of sp³-hybridized carbons (Fsp3) is 0.875. The van der Waals surface area contributed by atoms with Gasteiger partial charge in [0.25, 0.3) is 0 Å². The summed E-state index contributed by atoms with van der Waals surface area (Å²) >= 11 is 0. The molecule has 0 aromatic carbocycles. The van der Waals surface area contributed by atoms with E-state index in [2.05, 4.69) is 36.8 Å². The summed E-state index contributed by atoms with van der Waals surface area (Å²) in [6.07, 6.45) is 18.4. The number of hydrogen-bond donors (Lipinski definition) is 0. The van der Waals surface area contributed by atoms with Crippen molar-refractivity contribution in [2.24, 2.45) is 0 Å². The zero-order valence-electron chi connectivity index (χ0n) is 12.5. The average Bonchev–Trinajstić information content (AvgIpc) is 2.39. The summed E-state index contributed by atoms with van der Waals surface area (Å²) in [5, 5.41) is 0. The van der Waals surface area contributed by atoms with Gasteiger partial charge in [-0.3, -0.25) is 0 Å². The van der Waals surface area contributed by atoms with Crippen LogP contribution in [0.1, 0.15) is 78.1 Å². The molecule has 0 nitrogen and oxygen atoms in total. The lowest BCUT2D eigenvalue weighted by Crippen LogP contribution is -1.78. The first kappa shape index (κ1) is 18.4. The fourth-order valence-corrected chi connectivity index (χ4v) is 3.89. The van der Waals surface area contributed by atoms with Crippen molar-refractivity contribution in [2.45, 2.75) is 78.1 Å². The molecule has 0 aromatic rings. The summed E-state index contributed by atoms with van der Waals surface area (Å²) < 4.78 is 0. The number of unbranched alkanes of at least 4 members (excludes halogenated alkanes) is 7. The molecule has 0 fully saturated rings. The van der Waals surface area contributed by atoms with E-state index in [1.807, 2.05) is 10.8 Å². The highest BCUT2D eigenvalue weighted by Crippen LogP contribution is 2.23. The van der Waals surface area contributed by atoms with E-state index in [1.54, 1.807) is 0 Å². The lowest BCUT2D eigenvalue weighted by molar-refractivity contribution is 0.637. The molecule has 0 bridgehead atoms. The largest absolute Gasteiger partial charge is 0.0941 e. The predicted molar refractivity (Wildman–Crippen MR) is 91.6 cm³/mol. The molecule has 0 N–H and O–H groups in total. The van der Waals surface area contributed by atoms with Gasteiger partial charge in [0.1, 0.15) is 0 Å². The Bertz CT molecular complexity index is 166. The number of allylic oxidation sites excluding steroid dienone is 2. The number of hydrogen-bond acceptors (Lipinski definition) is 2. The summed E-state index contributed by atoms with van der Waals surface area (Å²) in [5.74, 6) is 2.61. The van der Waals surface area contributed by atoms with Gasteiger partial charge in [0.05, 0.1) is 0 Å². The predicted octanol–water partition coefficient (Wildman–Crippen LogP) is 6.86. The van der Waals surface area contributed by atoms with Gasteiger partial charge in [0, 0.05) is 11.5 Å². The second kappa shape index (κ2) is 17.4. The molecule has 0 heterocycles. The molecular formula is C16H32S2. The molecular weight excluding hydrogens is 256 g/mol. The Morgan fingerprint density at radius 3 is 2.00 bits per heavy atom. The minimum absolute atomic E-state index is 1.25. The maximum atomic E-state index is 2.38. The van der Waals surface area contributed by atoms with Crippen LogP contribution in [0.25, 0.3) is 0 Å². The Labute approximate surface area is 123 Å². The molecule has 2 heteroatoms. The van der Waals surface area contributed by atoms with Gasteiger partial charge in [-0.05, 0) is 25.7 Å². The van der Waals surface area contributed by atoms with Crippen LogP contribution in [0.15, 0.2) is 12.2 Å². The van der Waals surface area contributed by atoms with Crippen molar-refractivity contribution in [2.75, 3.05) is 11.5 Å². The Hall–Kier alpha value is 0.440. The van der Waals surface area contributed by atoms with Crippen LogP contribution < -0.4 is 0 Å². The van der Waals surface area contributed by atoms with E-state index >= 15 is 0 Å². The molecule has 0 aliphatic heterocycles.